The Bertz CT molecular complexity index is 935. The molecule has 0 aromatic heterocycles. The molecule has 0 saturated carbocycles. The Morgan fingerprint density at radius 2 is 1.83 bits per heavy atom. The monoisotopic (exact) mass is 447 g/mol. The first-order chi connectivity index (χ1) is 14.4. The number of hydrogen-bond donors (Lipinski definition) is 1. The second-order valence-electron chi connectivity index (χ2n) is 6.98. The van der Waals surface area contributed by atoms with Gasteiger partial charge in [-0.2, -0.15) is 0 Å². The summed E-state index contributed by atoms with van der Waals surface area (Å²) in [5.41, 5.74) is 1.44. The highest BCUT2D eigenvalue weighted by Gasteiger charge is 2.43. The van der Waals surface area contributed by atoms with E-state index in [9.17, 15) is 9.59 Å². The molecule has 0 unspecified atom stereocenters. The molecule has 0 bridgehead atoms. The quantitative estimate of drug-likeness (QED) is 0.484. The summed E-state index contributed by atoms with van der Waals surface area (Å²) in [6.07, 6.45) is 4.09. The number of benzene rings is 2. The Kier molecular flexibility index (Phi) is 7.53. The molecule has 158 valence electrons. The molecule has 1 saturated heterocycles. The third kappa shape index (κ3) is 5.22. The zero-order chi connectivity index (χ0) is 21.6. The molecule has 0 radical (unpaired) electrons. The Morgan fingerprint density at radius 1 is 1.13 bits per heavy atom. The molecule has 1 aliphatic heterocycles. The number of esters is 1. The molecular weight excluding hydrogens is 425 g/mol. The van der Waals surface area contributed by atoms with Gasteiger partial charge in [-0.3, -0.25) is 4.79 Å². The summed E-state index contributed by atoms with van der Waals surface area (Å²) in [7, 11) is 0. The van der Waals surface area contributed by atoms with Gasteiger partial charge in [0.15, 0.2) is 0 Å². The van der Waals surface area contributed by atoms with Gasteiger partial charge < -0.3 is 14.8 Å². The molecule has 0 spiro atoms. The van der Waals surface area contributed by atoms with Gasteiger partial charge in [-0.15, -0.1) is 0 Å². The lowest BCUT2D eigenvalue weighted by Gasteiger charge is -2.36. The number of carbonyl (C=O) groups is 2. The maximum absolute atomic E-state index is 13.4. The van der Waals surface area contributed by atoms with Crippen LogP contribution in [0.25, 0.3) is 6.08 Å². The molecular formula is C23H23Cl2NO4. The minimum absolute atomic E-state index is 0.134. The minimum Gasteiger partial charge on any atom is -0.463 e. The highest BCUT2D eigenvalue weighted by Crippen LogP contribution is 2.40. The molecule has 1 fully saturated rings. The third-order valence-electron chi connectivity index (χ3n) is 5.09. The molecule has 2 aromatic rings. The summed E-state index contributed by atoms with van der Waals surface area (Å²) >= 11 is 12.5. The Labute approximate surface area is 186 Å². The largest absolute Gasteiger partial charge is 0.463 e. The summed E-state index contributed by atoms with van der Waals surface area (Å²) in [6, 6.07) is 12.4. The van der Waals surface area contributed by atoms with Crippen LogP contribution in [0.15, 0.2) is 48.5 Å². The van der Waals surface area contributed by atoms with E-state index in [1.165, 1.54) is 6.08 Å². The van der Waals surface area contributed by atoms with E-state index in [0.29, 0.717) is 48.4 Å². The fraction of sp³-hybridized carbons (Fsp3) is 0.304. The van der Waals surface area contributed by atoms with Crippen molar-refractivity contribution in [1.29, 1.82) is 0 Å². The van der Waals surface area contributed by atoms with Crippen LogP contribution < -0.4 is 5.32 Å². The van der Waals surface area contributed by atoms with Gasteiger partial charge >= 0.3 is 5.97 Å². The lowest BCUT2D eigenvalue weighted by atomic mass is 9.73. The number of ether oxygens (including phenoxy) is 2. The first kappa shape index (κ1) is 22.3. The second-order valence-corrected chi connectivity index (χ2v) is 7.82. The van der Waals surface area contributed by atoms with Crippen molar-refractivity contribution < 1.29 is 19.1 Å². The van der Waals surface area contributed by atoms with E-state index in [-0.39, 0.29) is 5.91 Å². The van der Waals surface area contributed by atoms with E-state index in [1.807, 2.05) is 18.2 Å². The molecule has 0 atom stereocenters. The van der Waals surface area contributed by atoms with Crippen LogP contribution in [0, 0.1) is 0 Å². The second kappa shape index (κ2) is 10.1. The maximum atomic E-state index is 13.4. The average Bonchev–Trinajstić information content (AvgIpc) is 2.74. The lowest BCUT2D eigenvalue weighted by molar-refractivity contribution is -0.137. The van der Waals surface area contributed by atoms with E-state index in [4.69, 9.17) is 32.7 Å². The van der Waals surface area contributed by atoms with E-state index >= 15 is 0 Å². The first-order valence-corrected chi connectivity index (χ1v) is 10.5. The standard InChI is InChI=1S/C23H23Cl2NO4/c1-2-30-21(27)10-5-16-3-7-18(8-4-16)26-22(28)23(11-13-29-14-12-23)19-9-6-17(24)15-20(19)25/h3-10,15H,2,11-14H2,1H3,(H,26,28)/b10-5+. The molecule has 30 heavy (non-hydrogen) atoms. The number of anilines is 1. The van der Waals surface area contributed by atoms with Crippen LogP contribution in [0.3, 0.4) is 0 Å². The fourth-order valence-electron chi connectivity index (χ4n) is 3.50. The zero-order valence-corrected chi connectivity index (χ0v) is 18.1. The van der Waals surface area contributed by atoms with Crippen LogP contribution in [0.2, 0.25) is 10.0 Å². The number of amides is 1. The molecule has 1 N–H and O–H groups in total. The van der Waals surface area contributed by atoms with Crippen LogP contribution in [-0.4, -0.2) is 31.7 Å². The fourth-order valence-corrected chi connectivity index (χ4v) is 4.09. The van der Waals surface area contributed by atoms with Crippen molar-refractivity contribution in [2.45, 2.75) is 25.2 Å². The predicted octanol–water partition coefficient (Wildman–Crippen LogP) is 5.26. The first-order valence-electron chi connectivity index (χ1n) is 9.74. The zero-order valence-electron chi connectivity index (χ0n) is 16.6. The van der Waals surface area contributed by atoms with Crippen molar-refractivity contribution in [2.24, 2.45) is 0 Å². The van der Waals surface area contributed by atoms with Gasteiger partial charge in [0.2, 0.25) is 5.91 Å². The molecule has 1 aliphatic rings. The van der Waals surface area contributed by atoms with Crippen molar-refractivity contribution >= 4 is 46.8 Å². The van der Waals surface area contributed by atoms with Crippen molar-refractivity contribution in [3.8, 4) is 0 Å². The number of carbonyl (C=O) groups excluding carboxylic acids is 2. The van der Waals surface area contributed by atoms with Crippen molar-refractivity contribution in [2.75, 3.05) is 25.1 Å². The molecule has 0 aliphatic carbocycles. The number of rotatable bonds is 6. The summed E-state index contributed by atoms with van der Waals surface area (Å²) in [5, 5.41) is 4.00. The number of nitrogens with one attached hydrogen (secondary N) is 1. The van der Waals surface area contributed by atoms with Crippen LogP contribution in [0.4, 0.5) is 5.69 Å². The van der Waals surface area contributed by atoms with Crippen LogP contribution in [-0.2, 0) is 24.5 Å². The predicted molar refractivity (Wildman–Crippen MR) is 119 cm³/mol. The van der Waals surface area contributed by atoms with Crippen molar-refractivity contribution in [3.63, 3.8) is 0 Å². The Balaban J connectivity index is 1.79. The summed E-state index contributed by atoms with van der Waals surface area (Å²) in [4.78, 5) is 24.8. The molecule has 7 heteroatoms. The van der Waals surface area contributed by atoms with E-state index in [2.05, 4.69) is 5.32 Å². The van der Waals surface area contributed by atoms with Gasteiger partial charge in [0, 0.05) is 35.0 Å². The normalized spacial score (nSPS) is 15.7. The lowest BCUT2D eigenvalue weighted by Crippen LogP contribution is -2.45. The van der Waals surface area contributed by atoms with Crippen LogP contribution in [0.1, 0.15) is 30.9 Å². The third-order valence-corrected chi connectivity index (χ3v) is 5.64. The minimum atomic E-state index is -0.789. The van der Waals surface area contributed by atoms with E-state index < -0.39 is 11.4 Å². The highest BCUT2D eigenvalue weighted by molar-refractivity contribution is 6.35. The summed E-state index contributed by atoms with van der Waals surface area (Å²) < 4.78 is 10.4. The van der Waals surface area contributed by atoms with E-state index in [1.54, 1.807) is 37.3 Å². The maximum Gasteiger partial charge on any atom is 0.330 e. The molecule has 3 rings (SSSR count). The van der Waals surface area contributed by atoms with Crippen molar-refractivity contribution in [3.05, 3.63) is 69.7 Å². The summed E-state index contributed by atoms with van der Waals surface area (Å²) in [6.45, 7) is 3.04. The van der Waals surface area contributed by atoms with E-state index in [0.717, 1.165) is 11.1 Å². The number of hydrogen-bond acceptors (Lipinski definition) is 4. The van der Waals surface area contributed by atoms with Gasteiger partial charge in [0.05, 0.1) is 12.0 Å². The topological polar surface area (TPSA) is 64.6 Å². The van der Waals surface area contributed by atoms with Gasteiger partial charge in [-0.25, -0.2) is 4.79 Å². The SMILES string of the molecule is CCOC(=O)/C=C/c1ccc(NC(=O)C2(c3ccc(Cl)cc3Cl)CCOCC2)cc1. The Morgan fingerprint density at radius 3 is 2.47 bits per heavy atom. The average molecular weight is 448 g/mol. The summed E-state index contributed by atoms with van der Waals surface area (Å²) in [5.74, 6) is -0.527. The van der Waals surface area contributed by atoms with Crippen LogP contribution >= 0.6 is 23.2 Å². The molecule has 1 amide bonds. The smallest absolute Gasteiger partial charge is 0.330 e. The Hall–Kier alpha value is -2.34. The van der Waals surface area contributed by atoms with Gasteiger partial charge in [-0.05, 0) is 61.2 Å². The van der Waals surface area contributed by atoms with Crippen molar-refractivity contribution in [1.82, 2.24) is 0 Å². The number of halogens is 2. The van der Waals surface area contributed by atoms with Crippen LogP contribution in [0.5, 0.6) is 0 Å². The molecule has 5 nitrogen and oxygen atoms in total. The highest BCUT2D eigenvalue weighted by atomic mass is 35.5. The van der Waals surface area contributed by atoms with Gasteiger partial charge in [0.25, 0.3) is 0 Å². The van der Waals surface area contributed by atoms with Gasteiger partial charge in [-0.1, -0.05) is 41.4 Å². The molecule has 1 heterocycles. The van der Waals surface area contributed by atoms with Gasteiger partial charge in [0.1, 0.15) is 0 Å². The molecule has 2 aromatic carbocycles.